The summed E-state index contributed by atoms with van der Waals surface area (Å²) in [5.74, 6) is 5.33. The molecule has 1 heterocycles. The molecule has 0 fully saturated rings. The fraction of sp³-hybridized carbons (Fsp3) is 0.235. The van der Waals surface area contributed by atoms with Crippen LogP contribution in [-0.4, -0.2) is 24.7 Å². The van der Waals surface area contributed by atoms with E-state index >= 15 is 0 Å². The van der Waals surface area contributed by atoms with Crippen molar-refractivity contribution >= 4 is 22.9 Å². The van der Waals surface area contributed by atoms with E-state index in [0.29, 0.717) is 5.56 Å². The number of aliphatic hydroxyl groups is 1. The van der Waals surface area contributed by atoms with Crippen LogP contribution in [0.15, 0.2) is 35.7 Å². The lowest BCUT2D eigenvalue weighted by Crippen LogP contribution is -2.25. The molecule has 0 unspecified atom stereocenters. The van der Waals surface area contributed by atoms with Crippen molar-refractivity contribution in [1.82, 2.24) is 0 Å². The van der Waals surface area contributed by atoms with Crippen LogP contribution in [0, 0.1) is 11.8 Å². The Hall–Kier alpha value is -2.09. The molecule has 2 aromatic rings. The number of nitrogens with zero attached hydrogens (tertiary/aromatic N) is 1. The summed E-state index contributed by atoms with van der Waals surface area (Å²) in [4.78, 5) is 14.8. The maximum Gasteiger partial charge on any atom is 0.258 e. The van der Waals surface area contributed by atoms with Crippen molar-refractivity contribution in [3.8, 4) is 11.8 Å². The van der Waals surface area contributed by atoms with E-state index in [1.54, 1.807) is 23.4 Å². The molecule has 1 amide bonds. The molecular weight excluding hydrogens is 282 g/mol. The first-order chi connectivity index (χ1) is 10.2. The van der Waals surface area contributed by atoms with E-state index in [0.717, 1.165) is 17.0 Å². The maximum atomic E-state index is 12.4. The van der Waals surface area contributed by atoms with Gasteiger partial charge in [-0.25, -0.2) is 0 Å². The van der Waals surface area contributed by atoms with Crippen molar-refractivity contribution in [3.63, 3.8) is 0 Å². The molecule has 0 saturated heterocycles. The van der Waals surface area contributed by atoms with Crippen LogP contribution in [0.2, 0.25) is 0 Å². The van der Waals surface area contributed by atoms with Crippen molar-refractivity contribution in [1.29, 1.82) is 0 Å². The van der Waals surface area contributed by atoms with Crippen LogP contribution in [0.1, 0.15) is 27.7 Å². The first-order valence-corrected chi connectivity index (χ1v) is 7.59. The summed E-state index contributed by atoms with van der Waals surface area (Å²) in [7, 11) is 1.76. The van der Waals surface area contributed by atoms with Crippen molar-refractivity contribution < 1.29 is 9.90 Å². The molecule has 108 valence electrons. The van der Waals surface area contributed by atoms with Gasteiger partial charge in [0.15, 0.2) is 0 Å². The van der Waals surface area contributed by atoms with Crippen LogP contribution in [-0.2, 0) is 6.42 Å². The highest BCUT2D eigenvalue weighted by Crippen LogP contribution is 2.20. The van der Waals surface area contributed by atoms with Crippen LogP contribution in [0.5, 0.6) is 0 Å². The molecule has 3 nitrogen and oxygen atoms in total. The molecule has 2 rings (SSSR count). The summed E-state index contributed by atoms with van der Waals surface area (Å²) in [5.41, 5.74) is 2.73. The summed E-state index contributed by atoms with van der Waals surface area (Å²) in [6.07, 6.45) is 0.982. The SMILES string of the molecule is CCc1ccc(N(C)C(=O)c2csc(C#CCO)c2)cc1. The first kappa shape index (κ1) is 15.3. The first-order valence-electron chi connectivity index (χ1n) is 6.71. The van der Waals surface area contributed by atoms with E-state index in [-0.39, 0.29) is 12.5 Å². The zero-order valence-electron chi connectivity index (χ0n) is 12.1. The molecule has 21 heavy (non-hydrogen) atoms. The van der Waals surface area contributed by atoms with Gasteiger partial charge in [0.25, 0.3) is 5.91 Å². The maximum absolute atomic E-state index is 12.4. The number of anilines is 1. The summed E-state index contributed by atoms with van der Waals surface area (Å²) in [5, 5.41) is 10.5. The Kier molecular flexibility index (Phi) is 5.15. The highest BCUT2D eigenvalue weighted by molar-refractivity contribution is 7.10. The molecule has 0 saturated carbocycles. The lowest BCUT2D eigenvalue weighted by molar-refractivity contribution is 0.0993. The zero-order valence-corrected chi connectivity index (χ0v) is 12.9. The van der Waals surface area contributed by atoms with Gasteiger partial charge >= 0.3 is 0 Å². The molecule has 1 aromatic heterocycles. The van der Waals surface area contributed by atoms with Crippen LogP contribution < -0.4 is 4.90 Å². The molecular formula is C17H17NO2S. The number of carbonyl (C=O) groups is 1. The van der Waals surface area contributed by atoms with E-state index in [2.05, 4.69) is 18.8 Å². The van der Waals surface area contributed by atoms with Crippen molar-refractivity contribution in [3.05, 3.63) is 51.7 Å². The van der Waals surface area contributed by atoms with Gasteiger partial charge in [0, 0.05) is 18.1 Å². The molecule has 1 N–H and O–H groups in total. The van der Waals surface area contributed by atoms with Crippen molar-refractivity contribution in [2.75, 3.05) is 18.6 Å². The number of hydrogen-bond acceptors (Lipinski definition) is 3. The second-order valence-corrected chi connectivity index (χ2v) is 5.45. The van der Waals surface area contributed by atoms with Gasteiger partial charge in [-0.1, -0.05) is 30.9 Å². The molecule has 4 heteroatoms. The Bertz CT molecular complexity index is 677. The highest BCUT2D eigenvalue weighted by atomic mass is 32.1. The zero-order chi connectivity index (χ0) is 15.2. The minimum Gasteiger partial charge on any atom is -0.384 e. The lowest BCUT2D eigenvalue weighted by Gasteiger charge is -2.16. The van der Waals surface area contributed by atoms with E-state index in [9.17, 15) is 4.79 Å². The summed E-state index contributed by atoms with van der Waals surface area (Å²) < 4.78 is 0. The molecule has 0 atom stereocenters. The monoisotopic (exact) mass is 299 g/mol. The topological polar surface area (TPSA) is 40.5 Å². The Labute approximate surface area is 128 Å². The second-order valence-electron chi connectivity index (χ2n) is 4.54. The van der Waals surface area contributed by atoms with Gasteiger partial charge in [-0.2, -0.15) is 0 Å². The van der Waals surface area contributed by atoms with Crippen molar-refractivity contribution in [2.24, 2.45) is 0 Å². The third kappa shape index (κ3) is 3.72. The molecule has 0 spiro atoms. The molecule has 0 aliphatic carbocycles. The molecule has 0 aliphatic heterocycles. The minimum absolute atomic E-state index is 0.0625. The fourth-order valence-corrected chi connectivity index (χ4v) is 2.66. The number of aryl methyl sites for hydroxylation is 1. The number of hydrogen-bond donors (Lipinski definition) is 1. The number of benzene rings is 1. The van der Waals surface area contributed by atoms with Gasteiger partial charge in [0.1, 0.15) is 6.61 Å². The average molecular weight is 299 g/mol. The van der Waals surface area contributed by atoms with Crippen molar-refractivity contribution in [2.45, 2.75) is 13.3 Å². The number of rotatable bonds is 3. The Morgan fingerprint density at radius 2 is 2.05 bits per heavy atom. The highest BCUT2D eigenvalue weighted by Gasteiger charge is 2.14. The molecule has 0 radical (unpaired) electrons. The smallest absolute Gasteiger partial charge is 0.258 e. The van der Waals surface area contributed by atoms with E-state index in [4.69, 9.17) is 5.11 Å². The number of amides is 1. The number of thiophene rings is 1. The Morgan fingerprint density at radius 3 is 2.67 bits per heavy atom. The van der Waals surface area contributed by atoms with Gasteiger partial charge in [0.05, 0.1) is 10.4 Å². The van der Waals surface area contributed by atoms with Crippen LogP contribution in [0.4, 0.5) is 5.69 Å². The standard InChI is InChI=1S/C17H17NO2S/c1-3-13-6-8-15(9-7-13)18(2)17(20)14-11-16(21-12-14)5-4-10-19/h6-9,11-12,19H,3,10H2,1-2H3. The summed E-state index contributed by atoms with van der Waals surface area (Å²) >= 11 is 1.40. The van der Waals surface area contributed by atoms with Crippen LogP contribution in [0.3, 0.4) is 0 Å². The Balaban J connectivity index is 2.16. The third-order valence-electron chi connectivity index (χ3n) is 3.17. The fourth-order valence-electron chi connectivity index (χ4n) is 1.91. The van der Waals surface area contributed by atoms with Gasteiger partial charge in [-0.3, -0.25) is 4.79 Å². The molecule has 0 aliphatic rings. The normalized spacial score (nSPS) is 9.86. The molecule has 0 bridgehead atoms. The number of aliphatic hydroxyl groups excluding tert-OH is 1. The van der Waals surface area contributed by atoms with E-state index < -0.39 is 0 Å². The van der Waals surface area contributed by atoms with Gasteiger partial charge in [0.2, 0.25) is 0 Å². The van der Waals surface area contributed by atoms with Crippen LogP contribution in [0.25, 0.3) is 0 Å². The van der Waals surface area contributed by atoms with Gasteiger partial charge < -0.3 is 10.0 Å². The lowest BCUT2D eigenvalue weighted by atomic mass is 10.1. The van der Waals surface area contributed by atoms with Gasteiger partial charge in [-0.15, -0.1) is 11.3 Å². The third-order valence-corrected chi connectivity index (χ3v) is 4.02. The number of carbonyl (C=O) groups excluding carboxylic acids is 1. The average Bonchev–Trinajstić information content (AvgIpc) is 3.00. The summed E-state index contributed by atoms with van der Waals surface area (Å²) in [6.45, 7) is 1.93. The van der Waals surface area contributed by atoms with E-state index in [1.807, 2.05) is 24.3 Å². The molecule has 1 aromatic carbocycles. The summed E-state index contributed by atoms with van der Waals surface area (Å²) in [6, 6.07) is 9.73. The predicted octanol–water partition coefficient (Wildman–Crippen LogP) is 2.93. The second kappa shape index (κ2) is 7.07. The van der Waals surface area contributed by atoms with Crippen LogP contribution >= 0.6 is 11.3 Å². The minimum atomic E-state index is -0.176. The predicted molar refractivity (Wildman–Crippen MR) is 86.8 cm³/mol. The van der Waals surface area contributed by atoms with E-state index in [1.165, 1.54) is 16.9 Å². The Morgan fingerprint density at radius 1 is 1.33 bits per heavy atom. The largest absolute Gasteiger partial charge is 0.384 e. The van der Waals surface area contributed by atoms with Gasteiger partial charge in [-0.05, 0) is 30.2 Å². The quantitative estimate of drug-likeness (QED) is 0.885.